The first-order valence-corrected chi connectivity index (χ1v) is 7.82. The van der Waals surface area contributed by atoms with E-state index in [0.29, 0.717) is 10.1 Å². The van der Waals surface area contributed by atoms with E-state index in [1.807, 2.05) is 19.2 Å². The second-order valence-electron chi connectivity index (χ2n) is 3.73. The Morgan fingerprint density at radius 3 is 2.31 bits per heavy atom. The van der Waals surface area contributed by atoms with Gasteiger partial charge in [0.25, 0.3) is 0 Å². The molecule has 3 nitrogen and oxygen atoms in total. The molecule has 0 amide bonds. The SMILES string of the molecule is CNCC(C)Sc1ccc(S(C)(=O)=O)cc1. The number of thioether (sulfide) groups is 1. The third-order valence-electron chi connectivity index (χ3n) is 2.08. The molecule has 0 aliphatic carbocycles. The van der Waals surface area contributed by atoms with Crippen LogP contribution in [0, 0.1) is 0 Å². The van der Waals surface area contributed by atoms with Crippen LogP contribution in [-0.2, 0) is 9.84 Å². The Kier molecular flexibility index (Phi) is 4.83. The van der Waals surface area contributed by atoms with Gasteiger partial charge in [0.2, 0.25) is 0 Å². The Bertz CT molecular complexity index is 426. The predicted molar refractivity (Wildman–Crippen MR) is 68.8 cm³/mol. The Labute approximate surface area is 102 Å². The molecule has 1 aromatic rings. The van der Waals surface area contributed by atoms with E-state index in [0.717, 1.165) is 11.4 Å². The maximum Gasteiger partial charge on any atom is 0.175 e. The third-order valence-corrected chi connectivity index (χ3v) is 4.32. The second kappa shape index (κ2) is 5.70. The minimum absolute atomic E-state index is 0.373. The zero-order valence-corrected chi connectivity index (χ0v) is 11.4. The van der Waals surface area contributed by atoms with Crippen molar-refractivity contribution in [2.75, 3.05) is 19.8 Å². The van der Waals surface area contributed by atoms with Crippen LogP contribution in [0.4, 0.5) is 0 Å². The van der Waals surface area contributed by atoms with Gasteiger partial charge in [0.15, 0.2) is 9.84 Å². The molecule has 5 heteroatoms. The Balaban J connectivity index is 2.72. The van der Waals surface area contributed by atoms with Crippen molar-refractivity contribution in [1.29, 1.82) is 0 Å². The molecule has 1 aromatic carbocycles. The number of hydrogen-bond donors (Lipinski definition) is 1. The smallest absolute Gasteiger partial charge is 0.175 e. The van der Waals surface area contributed by atoms with Gasteiger partial charge in [0, 0.05) is 22.9 Å². The zero-order valence-electron chi connectivity index (χ0n) is 9.73. The lowest BCUT2D eigenvalue weighted by molar-refractivity contribution is 0.602. The van der Waals surface area contributed by atoms with E-state index in [4.69, 9.17) is 0 Å². The van der Waals surface area contributed by atoms with Gasteiger partial charge in [0.05, 0.1) is 4.90 Å². The van der Waals surface area contributed by atoms with Gasteiger partial charge in [-0.15, -0.1) is 11.8 Å². The van der Waals surface area contributed by atoms with Crippen LogP contribution in [0.2, 0.25) is 0 Å². The summed E-state index contributed by atoms with van der Waals surface area (Å²) in [6.45, 7) is 3.06. The first-order chi connectivity index (χ1) is 7.43. The van der Waals surface area contributed by atoms with Gasteiger partial charge >= 0.3 is 0 Å². The summed E-state index contributed by atoms with van der Waals surface area (Å²) in [5, 5.41) is 3.57. The molecule has 0 saturated carbocycles. The molecule has 0 aliphatic heterocycles. The highest BCUT2D eigenvalue weighted by Crippen LogP contribution is 2.24. The van der Waals surface area contributed by atoms with E-state index < -0.39 is 9.84 Å². The van der Waals surface area contributed by atoms with Crippen molar-refractivity contribution in [3.8, 4) is 0 Å². The van der Waals surface area contributed by atoms with Gasteiger partial charge in [-0.3, -0.25) is 0 Å². The fraction of sp³-hybridized carbons (Fsp3) is 0.455. The highest BCUT2D eigenvalue weighted by molar-refractivity contribution is 8.00. The summed E-state index contributed by atoms with van der Waals surface area (Å²) in [4.78, 5) is 1.47. The normalized spacial score (nSPS) is 13.7. The number of benzene rings is 1. The first kappa shape index (κ1) is 13.5. The molecule has 0 spiro atoms. The van der Waals surface area contributed by atoms with Crippen molar-refractivity contribution in [1.82, 2.24) is 5.32 Å². The molecule has 1 N–H and O–H groups in total. The van der Waals surface area contributed by atoms with Gasteiger partial charge in [-0.2, -0.15) is 0 Å². The average molecular weight is 259 g/mol. The molecule has 0 fully saturated rings. The van der Waals surface area contributed by atoms with Gasteiger partial charge in [-0.25, -0.2) is 8.42 Å². The van der Waals surface area contributed by atoms with Crippen molar-refractivity contribution in [2.45, 2.75) is 22.0 Å². The minimum atomic E-state index is -3.08. The number of sulfone groups is 1. The molecule has 0 bridgehead atoms. The third kappa shape index (κ3) is 4.15. The minimum Gasteiger partial charge on any atom is -0.319 e. The number of rotatable bonds is 5. The van der Waals surface area contributed by atoms with Crippen molar-refractivity contribution >= 4 is 21.6 Å². The Morgan fingerprint density at radius 2 is 1.88 bits per heavy atom. The Morgan fingerprint density at radius 1 is 1.31 bits per heavy atom. The summed E-state index contributed by atoms with van der Waals surface area (Å²) in [5.41, 5.74) is 0. The molecule has 90 valence electrons. The van der Waals surface area contributed by atoms with Crippen LogP contribution >= 0.6 is 11.8 Å². The average Bonchev–Trinajstić information content (AvgIpc) is 2.17. The van der Waals surface area contributed by atoms with Crippen molar-refractivity contribution in [3.05, 3.63) is 24.3 Å². The first-order valence-electron chi connectivity index (χ1n) is 5.05. The maximum absolute atomic E-state index is 11.3. The summed E-state index contributed by atoms with van der Waals surface area (Å²) in [5.74, 6) is 0. The fourth-order valence-electron chi connectivity index (χ4n) is 1.33. The molecular formula is C11H17NO2S2. The van der Waals surface area contributed by atoms with Crippen molar-refractivity contribution in [2.24, 2.45) is 0 Å². The largest absolute Gasteiger partial charge is 0.319 e. The van der Waals surface area contributed by atoms with E-state index in [9.17, 15) is 8.42 Å². The van der Waals surface area contributed by atoms with Crippen LogP contribution < -0.4 is 5.32 Å². The molecule has 1 atom stereocenters. The van der Waals surface area contributed by atoms with E-state index in [-0.39, 0.29) is 0 Å². The molecule has 1 unspecified atom stereocenters. The lowest BCUT2D eigenvalue weighted by atomic mass is 10.4. The predicted octanol–water partition coefficient (Wildman–Crippen LogP) is 1.79. The molecule has 0 saturated heterocycles. The second-order valence-corrected chi connectivity index (χ2v) is 7.26. The van der Waals surface area contributed by atoms with Crippen LogP contribution in [0.3, 0.4) is 0 Å². The highest BCUT2D eigenvalue weighted by atomic mass is 32.2. The van der Waals surface area contributed by atoms with Crippen LogP contribution in [0.25, 0.3) is 0 Å². The topological polar surface area (TPSA) is 46.2 Å². The monoisotopic (exact) mass is 259 g/mol. The van der Waals surface area contributed by atoms with Crippen LogP contribution in [-0.4, -0.2) is 33.5 Å². The highest BCUT2D eigenvalue weighted by Gasteiger charge is 2.07. The van der Waals surface area contributed by atoms with E-state index in [2.05, 4.69) is 12.2 Å². The zero-order chi connectivity index (χ0) is 12.2. The lowest BCUT2D eigenvalue weighted by Crippen LogP contribution is -2.17. The number of nitrogens with one attached hydrogen (secondary N) is 1. The Hall–Kier alpha value is -0.520. The standard InChI is InChI=1S/C11H17NO2S2/c1-9(8-12-2)15-10-4-6-11(7-5-10)16(3,13)14/h4-7,9,12H,8H2,1-3H3. The molecule has 16 heavy (non-hydrogen) atoms. The maximum atomic E-state index is 11.3. The molecule has 0 radical (unpaired) electrons. The van der Waals surface area contributed by atoms with E-state index in [1.54, 1.807) is 23.9 Å². The van der Waals surface area contributed by atoms with E-state index in [1.165, 1.54) is 6.26 Å². The van der Waals surface area contributed by atoms with Crippen LogP contribution in [0.15, 0.2) is 34.1 Å². The molecule has 0 heterocycles. The van der Waals surface area contributed by atoms with E-state index >= 15 is 0 Å². The summed E-state index contributed by atoms with van der Waals surface area (Å²) in [7, 11) is -1.16. The summed E-state index contributed by atoms with van der Waals surface area (Å²) < 4.78 is 22.5. The molecule has 0 aromatic heterocycles. The van der Waals surface area contributed by atoms with Crippen LogP contribution in [0.5, 0.6) is 0 Å². The fourth-order valence-corrected chi connectivity index (χ4v) is 2.97. The van der Waals surface area contributed by atoms with Crippen molar-refractivity contribution < 1.29 is 8.42 Å². The van der Waals surface area contributed by atoms with Gasteiger partial charge < -0.3 is 5.32 Å². The quantitative estimate of drug-likeness (QED) is 0.819. The summed E-state index contributed by atoms with van der Waals surface area (Å²) >= 11 is 1.73. The van der Waals surface area contributed by atoms with Crippen LogP contribution in [0.1, 0.15) is 6.92 Å². The summed E-state index contributed by atoms with van der Waals surface area (Å²) in [6, 6.07) is 7.02. The molecule has 1 rings (SSSR count). The molecular weight excluding hydrogens is 242 g/mol. The van der Waals surface area contributed by atoms with Gasteiger partial charge in [-0.1, -0.05) is 6.92 Å². The number of hydrogen-bond acceptors (Lipinski definition) is 4. The van der Waals surface area contributed by atoms with Gasteiger partial charge in [-0.05, 0) is 31.3 Å². The summed E-state index contributed by atoms with van der Waals surface area (Å²) in [6.07, 6.45) is 1.22. The lowest BCUT2D eigenvalue weighted by Gasteiger charge is -2.10. The van der Waals surface area contributed by atoms with Crippen molar-refractivity contribution in [3.63, 3.8) is 0 Å². The van der Waals surface area contributed by atoms with Gasteiger partial charge in [0.1, 0.15) is 0 Å². The molecule has 0 aliphatic rings.